The third-order valence-corrected chi connectivity index (χ3v) is 4.42. The van der Waals surface area contributed by atoms with E-state index in [1.807, 2.05) is 19.1 Å². The summed E-state index contributed by atoms with van der Waals surface area (Å²) in [5.41, 5.74) is 2.05. The molecule has 0 saturated carbocycles. The van der Waals surface area contributed by atoms with Crippen LogP contribution in [0, 0.1) is 6.92 Å². The van der Waals surface area contributed by atoms with E-state index >= 15 is 0 Å². The lowest BCUT2D eigenvalue weighted by Gasteiger charge is -2.26. The molecule has 23 heavy (non-hydrogen) atoms. The lowest BCUT2D eigenvalue weighted by Crippen LogP contribution is -2.46. The summed E-state index contributed by atoms with van der Waals surface area (Å²) in [5.74, 6) is -0.306. The molecule has 0 unspecified atom stereocenters. The van der Waals surface area contributed by atoms with Crippen molar-refractivity contribution >= 4 is 28.3 Å². The van der Waals surface area contributed by atoms with Crippen molar-refractivity contribution < 1.29 is 9.59 Å². The molecule has 0 radical (unpaired) electrons. The van der Waals surface area contributed by atoms with E-state index in [1.165, 1.54) is 11.3 Å². The second kappa shape index (κ2) is 6.89. The fourth-order valence-electron chi connectivity index (χ4n) is 2.33. The molecule has 6 nitrogen and oxygen atoms in total. The Bertz CT molecular complexity index is 705. The van der Waals surface area contributed by atoms with Gasteiger partial charge in [-0.3, -0.25) is 14.9 Å². The van der Waals surface area contributed by atoms with E-state index in [1.54, 1.807) is 22.4 Å². The minimum absolute atomic E-state index is 0.0846. The van der Waals surface area contributed by atoms with Crippen molar-refractivity contribution in [2.24, 2.45) is 0 Å². The number of nitrogens with one attached hydrogen (secondary N) is 2. The van der Waals surface area contributed by atoms with E-state index in [0.717, 1.165) is 18.7 Å². The maximum absolute atomic E-state index is 12.3. The SMILES string of the molecule is Cc1ccc(C(=O)Nc2nc(C(=O)N3CCNCC3)cs2)cc1. The Hall–Kier alpha value is -2.25. The fraction of sp³-hybridized carbons (Fsp3) is 0.312. The fourth-order valence-corrected chi connectivity index (χ4v) is 3.01. The number of thiazole rings is 1. The third-order valence-electron chi connectivity index (χ3n) is 3.66. The molecule has 1 fully saturated rings. The maximum Gasteiger partial charge on any atom is 0.273 e. The molecule has 0 atom stereocenters. The van der Waals surface area contributed by atoms with Crippen molar-refractivity contribution in [1.29, 1.82) is 0 Å². The van der Waals surface area contributed by atoms with Gasteiger partial charge in [0.25, 0.3) is 11.8 Å². The Labute approximate surface area is 138 Å². The highest BCUT2D eigenvalue weighted by Gasteiger charge is 2.20. The summed E-state index contributed by atoms with van der Waals surface area (Å²) in [6, 6.07) is 7.31. The van der Waals surface area contributed by atoms with Gasteiger partial charge in [0.05, 0.1) is 0 Å². The number of hydrogen-bond donors (Lipinski definition) is 2. The normalized spacial score (nSPS) is 14.6. The molecule has 120 valence electrons. The first-order valence-electron chi connectivity index (χ1n) is 7.47. The molecule has 1 aromatic heterocycles. The molecule has 0 spiro atoms. The summed E-state index contributed by atoms with van der Waals surface area (Å²) in [5, 5.41) is 8.08. The highest BCUT2D eigenvalue weighted by molar-refractivity contribution is 7.14. The van der Waals surface area contributed by atoms with Crippen molar-refractivity contribution in [3.8, 4) is 0 Å². The van der Waals surface area contributed by atoms with Crippen LogP contribution in [-0.4, -0.2) is 47.9 Å². The zero-order valence-corrected chi connectivity index (χ0v) is 13.7. The van der Waals surface area contributed by atoms with Crippen LogP contribution in [0.5, 0.6) is 0 Å². The van der Waals surface area contributed by atoms with Gasteiger partial charge in [-0.1, -0.05) is 17.7 Å². The van der Waals surface area contributed by atoms with Gasteiger partial charge in [-0.2, -0.15) is 0 Å². The number of rotatable bonds is 3. The van der Waals surface area contributed by atoms with E-state index in [9.17, 15) is 9.59 Å². The smallest absolute Gasteiger partial charge is 0.273 e. The van der Waals surface area contributed by atoms with Gasteiger partial charge < -0.3 is 10.2 Å². The highest BCUT2D eigenvalue weighted by atomic mass is 32.1. The van der Waals surface area contributed by atoms with Gasteiger partial charge in [0.15, 0.2) is 5.13 Å². The quantitative estimate of drug-likeness (QED) is 0.899. The van der Waals surface area contributed by atoms with Crippen LogP contribution in [0.4, 0.5) is 5.13 Å². The van der Waals surface area contributed by atoms with Crippen LogP contribution in [0.2, 0.25) is 0 Å². The van der Waals surface area contributed by atoms with Crippen LogP contribution in [0.1, 0.15) is 26.4 Å². The van der Waals surface area contributed by atoms with E-state index in [2.05, 4.69) is 15.6 Å². The van der Waals surface area contributed by atoms with E-state index in [0.29, 0.717) is 29.5 Å². The van der Waals surface area contributed by atoms with Gasteiger partial charge in [0, 0.05) is 37.1 Å². The summed E-state index contributed by atoms with van der Waals surface area (Å²) in [6.45, 7) is 4.93. The first kappa shape index (κ1) is 15.6. The molecular weight excluding hydrogens is 312 g/mol. The number of piperazine rings is 1. The number of anilines is 1. The first-order valence-corrected chi connectivity index (χ1v) is 8.35. The Morgan fingerprint density at radius 2 is 1.91 bits per heavy atom. The monoisotopic (exact) mass is 330 g/mol. The van der Waals surface area contributed by atoms with Gasteiger partial charge in [-0.25, -0.2) is 4.98 Å². The number of aryl methyl sites for hydroxylation is 1. The number of aromatic nitrogens is 1. The van der Waals surface area contributed by atoms with E-state index < -0.39 is 0 Å². The number of hydrogen-bond acceptors (Lipinski definition) is 5. The molecular formula is C16H18N4O2S. The van der Waals surface area contributed by atoms with Crippen LogP contribution >= 0.6 is 11.3 Å². The average molecular weight is 330 g/mol. The highest BCUT2D eigenvalue weighted by Crippen LogP contribution is 2.18. The van der Waals surface area contributed by atoms with Crippen LogP contribution in [0.3, 0.4) is 0 Å². The molecule has 0 bridgehead atoms. The summed E-state index contributed by atoms with van der Waals surface area (Å²) < 4.78 is 0. The molecule has 0 aliphatic carbocycles. The molecule has 1 aromatic carbocycles. The van der Waals surface area contributed by atoms with E-state index in [-0.39, 0.29) is 11.8 Å². The van der Waals surface area contributed by atoms with Crippen LogP contribution < -0.4 is 10.6 Å². The van der Waals surface area contributed by atoms with Crippen LogP contribution in [0.15, 0.2) is 29.6 Å². The third kappa shape index (κ3) is 3.75. The molecule has 1 aliphatic heterocycles. The van der Waals surface area contributed by atoms with Crippen molar-refractivity contribution in [3.63, 3.8) is 0 Å². The molecule has 1 saturated heterocycles. The number of amides is 2. The molecule has 1 aliphatic rings. The number of nitrogens with zero attached hydrogens (tertiary/aromatic N) is 2. The Balaban J connectivity index is 1.65. The molecule has 2 amide bonds. The van der Waals surface area contributed by atoms with Crippen LogP contribution in [0.25, 0.3) is 0 Å². The second-order valence-electron chi connectivity index (χ2n) is 5.40. The van der Waals surface area contributed by atoms with Gasteiger partial charge >= 0.3 is 0 Å². The summed E-state index contributed by atoms with van der Waals surface area (Å²) >= 11 is 1.26. The van der Waals surface area contributed by atoms with Gasteiger partial charge in [-0.15, -0.1) is 11.3 Å². The Morgan fingerprint density at radius 1 is 1.22 bits per heavy atom. The Kier molecular flexibility index (Phi) is 4.68. The van der Waals surface area contributed by atoms with E-state index in [4.69, 9.17) is 0 Å². The second-order valence-corrected chi connectivity index (χ2v) is 6.26. The number of benzene rings is 1. The molecule has 2 aromatic rings. The largest absolute Gasteiger partial charge is 0.335 e. The lowest BCUT2D eigenvalue weighted by atomic mass is 10.1. The van der Waals surface area contributed by atoms with Crippen molar-refractivity contribution in [2.45, 2.75) is 6.92 Å². The van der Waals surface area contributed by atoms with Crippen molar-refractivity contribution in [1.82, 2.24) is 15.2 Å². The molecule has 2 heterocycles. The number of carbonyl (C=O) groups is 2. The summed E-state index contributed by atoms with van der Waals surface area (Å²) in [7, 11) is 0. The topological polar surface area (TPSA) is 74.3 Å². The molecule has 2 N–H and O–H groups in total. The molecule has 7 heteroatoms. The standard InChI is InChI=1S/C16H18N4O2S/c1-11-2-4-12(5-3-11)14(21)19-16-18-13(10-23-16)15(22)20-8-6-17-7-9-20/h2-5,10,17H,6-9H2,1H3,(H,18,19,21). The summed E-state index contributed by atoms with van der Waals surface area (Å²) in [4.78, 5) is 30.5. The zero-order chi connectivity index (χ0) is 16.2. The van der Waals surface area contributed by atoms with Gasteiger partial charge in [0.2, 0.25) is 0 Å². The average Bonchev–Trinajstić information content (AvgIpc) is 3.04. The lowest BCUT2D eigenvalue weighted by molar-refractivity contribution is 0.0730. The Morgan fingerprint density at radius 3 is 2.61 bits per heavy atom. The van der Waals surface area contributed by atoms with Gasteiger partial charge in [0.1, 0.15) is 5.69 Å². The van der Waals surface area contributed by atoms with Crippen molar-refractivity contribution in [3.05, 3.63) is 46.5 Å². The van der Waals surface area contributed by atoms with Gasteiger partial charge in [-0.05, 0) is 19.1 Å². The maximum atomic E-state index is 12.3. The zero-order valence-electron chi connectivity index (χ0n) is 12.8. The van der Waals surface area contributed by atoms with Crippen LogP contribution in [-0.2, 0) is 0 Å². The minimum atomic E-state index is -0.222. The minimum Gasteiger partial charge on any atom is -0.335 e. The number of carbonyl (C=O) groups excluding carboxylic acids is 2. The van der Waals surface area contributed by atoms with Crippen molar-refractivity contribution in [2.75, 3.05) is 31.5 Å². The predicted molar refractivity (Wildman–Crippen MR) is 90.0 cm³/mol. The predicted octanol–water partition coefficient (Wildman–Crippen LogP) is 1.75. The first-order chi connectivity index (χ1) is 11.1. The summed E-state index contributed by atoms with van der Waals surface area (Å²) in [6.07, 6.45) is 0. The molecule has 3 rings (SSSR count).